The number of nitrogens with zero attached hydrogens (tertiary/aromatic N) is 4. The number of imidazole rings is 1. The summed E-state index contributed by atoms with van der Waals surface area (Å²) >= 11 is 1.45. The zero-order valence-corrected chi connectivity index (χ0v) is 18.2. The maximum atomic E-state index is 12.9. The Labute approximate surface area is 176 Å². The van der Waals surface area contributed by atoms with E-state index in [1.165, 1.54) is 18.2 Å². The van der Waals surface area contributed by atoms with E-state index in [1.807, 2.05) is 38.6 Å². The minimum Gasteiger partial charge on any atom is -0.341 e. The lowest BCUT2D eigenvalue weighted by Gasteiger charge is -2.39. The van der Waals surface area contributed by atoms with Crippen LogP contribution in [0.2, 0.25) is 0 Å². The molecule has 2 saturated heterocycles. The molecule has 4 rings (SSSR count). The van der Waals surface area contributed by atoms with E-state index in [9.17, 15) is 9.59 Å². The van der Waals surface area contributed by atoms with Gasteiger partial charge >= 0.3 is 0 Å². The highest BCUT2D eigenvalue weighted by molar-refractivity contribution is 7.99. The standard InChI is InChI=1S/C22H30N4O2S/c1-16-8-7-9-17(2)26(16)21(28)15-29-22-23-18-10-3-4-11-19(18)25(22)14-20(27)24-12-5-6-13-24/h3-4,10-11,16-17H,5-9,12-15H2,1-2H3/t16-,17-/m0/s1. The summed E-state index contributed by atoms with van der Waals surface area (Å²) in [7, 11) is 0. The molecule has 3 heterocycles. The average Bonchev–Trinajstić information content (AvgIpc) is 3.35. The summed E-state index contributed by atoms with van der Waals surface area (Å²) in [5, 5.41) is 0.754. The van der Waals surface area contributed by atoms with E-state index in [-0.39, 0.29) is 18.4 Å². The first-order chi connectivity index (χ1) is 14.0. The topological polar surface area (TPSA) is 58.4 Å². The highest BCUT2D eigenvalue weighted by Gasteiger charge is 2.29. The Morgan fingerprint density at radius 3 is 2.45 bits per heavy atom. The molecule has 6 nitrogen and oxygen atoms in total. The van der Waals surface area contributed by atoms with Gasteiger partial charge in [0.2, 0.25) is 11.8 Å². The molecule has 2 fully saturated rings. The van der Waals surface area contributed by atoms with Crippen LogP contribution in [0.15, 0.2) is 29.4 Å². The van der Waals surface area contributed by atoms with Crippen LogP contribution in [-0.4, -0.2) is 62.1 Å². The Morgan fingerprint density at radius 2 is 1.72 bits per heavy atom. The third-order valence-corrected chi connectivity index (χ3v) is 7.14. The number of likely N-dealkylation sites (tertiary alicyclic amines) is 2. The number of hydrogen-bond acceptors (Lipinski definition) is 4. The third kappa shape index (κ3) is 4.29. The van der Waals surface area contributed by atoms with Crippen LogP contribution in [0.4, 0.5) is 0 Å². The van der Waals surface area contributed by atoms with Gasteiger partial charge in [0, 0.05) is 25.2 Å². The van der Waals surface area contributed by atoms with Gasteiger partial charge in [0.25, 0.3) is 0 Å². The molecule has 0 radical (unpaired) electrons. The van der Waals surface area contributed by atoms with Crippen molar-refractivity contribution in [3.05, 3.63) is 24.3 Å². The number of benzene rings is 1. The Balaban J connectivity index is 1.52. The SMILES string of the molecule is C[C@H]1CCC[C@H](C)N1C(=O)CSc1nc2ccccc2n1CC(=O)N1CCCC1. The predicted octanol–water partition coefficient (Wildman–Crippen LogP) is 3.54. The first-order valence-corrected chi connectivity index (χ1v) is 11.7. The first-order valence-electron chi connectivity index (χ1n) is 10.7. The second-order valence-electron chi connectivity index (χ2n) is 8.28. The zero-order valence-electron chi connectivity index (χ0n) is 17.3. The van der Waals surface area contributed by atoms with Gasteiger partial charge in [0.05, 0.1) is 16.8 Å². The fourth-order valence-corrected chi connectivity index (χ4v) is 5.52. The Hall–Kier alpha value is -2.02. The molecular weight excluding hydrogens is 384 g/mol. The molecule has 29 heavy (non-hydrogen) atoms. The lowest BCUT2D eigenvalue weighted by molar-refractivity contribution is -0.134. The van der Waals surface area contributed by atoms with Crippen LogP contribution >= 0.6 is 11.8 Å². The van der Waals surface area contributed by atoms with Crippen molar-refractivity contribution >= 4 is 34.6 Å². The van der Waals surface area contributed by atoms with E-state index >= 15 is 0 Å². The molecule has 0 aliphatic carbocycles. The van der Waals surface area contributed by atoms with Crippen molar-refractivity contribution in [2.75, 3.05) is 18.8 Å². The molecule has 2 atom stereocenters. The maximum Gasteiger partial charge on any atom is 0.242 e. The lowest BCUT2D eigenvalue weighted by Crippen LogP contribution is -2.48. The van der Waals surface area contributed by atoms with Crippen molar-refractivity contribution in [1.29, 1.82) is 0 Å². The molecule has 0 bridgehead atoms. The van der Waals surface area contributed by atoms with Crippen molar-refractivity contribution in [1.82, 2.24) is 19.4 Å². The largest absolute Gasteiger partial charge is 0.341 e. The number of carbonyl (C=O) groups excluding carboxylic acids is 2. The molecule has 156 valence electrons. The van der Waals surface area contributed by atoms with Crippen molar-refractivity contribution < 1.29 is 9.59 Å². The van der Waals surface area contributed by atoms with Crippen molar-refractivity contribution in [2.45, 2.75) is 69.7 Å². The number of aromatic nitrogens is 2. The molecule has 2 aliphatic heterocycles. The van der Waals surface area contributed by atoms with E-state index in [1.54, 1.807) is 0 Å². The average molecular weight is 415 g/mol. The van der Waals surface area contributed by atoms with E-state index in [0.717, 1.165) is 55.0 Å². The molecule has 2 aliphatic rings. The van der Waals surface area contributed by atoms with Crippen molar-refractivity contribution in [3.8, 4) is 0 Å². The van der Waals surface area contributed by atoms with Crippen LogP contribution in [0.3, 0.4) is 0 Å². The van der Waals surface area contributed by atoms with Crippen LogP contribution < -0.4 is 0 Å². The summed E-state index contributed by atoms with van der Waals surface area (Å²) in [5.41, 5.74) is 1.83. The number of fused-ring (bicyclic) bond motifs is 1. The molecule has 0 spiro atoms. The van der Waals surface area contributed by atoms with Crippen LogP contribution in [-0.2, 0) is 16.1 Å². The number of thioether (sulfide) groups is 1. The Morgan fingerprint density at radius 1 is 1.03 bits per heavy atom. The van der Waals surface area contributed by atoms with Gasteiger partial charge in [-0.25, -0.2) is 4.98 Å². The van der Waals surface area contributed by atoms with Crippen LogP contribution in [0, 0.1) is 0 Å². The fourth-order valence-electron chi connectivity index (χ4n) is 4.63. The van der Waals surface area contributed by atoms with Gasteiger partial charge in [-0.15, -0.1) is 0 Å². The summed E-state index contributed by atoms with van der Waals surface area (Å²) in [4.78, 5) is 34.4. The minimum atomic E-state index is 0.136. The van der Waals surface area contributed by atoms with E-state index < -0.39 is 0 Å². The molecule has 1 aromatic heterocycles. The van der Waals surface area contributed by atoms with Crippen LogP contribution in [0.25, 0.3) is 11.0 Å². The zero-order chi connectivity index (χ0) is 20.4. The van der Waals surface area contributed by atoms with E-state index in [0.29, 0.717) is 17.8 Å². The molecule has 0 unspecified atom stereocenters. The molecule has 0 N–H and O–H groups in total. The van der Waals surface area contributed by atoms with E-state index in [4.69, 9.17) is 4.98 Å². The van der Waals surface area contributed by atoms with Gasteiger partial charge in [0.15, 0.2) is 5.16 Å². The molecular formula is C22H30N4O2S. The molecule has 7 heteroatoms. The van der Waals surface area contributed by atoms with Crippen LogP contribution in [0.1, 0.15) is 46.0 Å². The fraction of sp³-hybridized carbons (Fsp3) is 0.591. The van der Waals surface area contributed by atoms with E-state index in [2.05, 4.69) is 13.8 Å². The summed E-state index contributed by atoms with van der Waals surface area (Å²) in [5.74, 6) is 0.659. The molecule has 2 amide bonds. The quantitative estimate of drug-likeness (QED) is 0.702. The predicted molar refractivity (Wildman–Crippen MR) is 116 cm³/mol. The van der Waals surface area contributed by atoms with Gasteiger partial charge in [-0.3, -0.25) is 9.59 Å². The summed E-state index contributed by atoms with van der Waals surface area (Å²) < 4.78 is 1.98. The minimum absolute atomic E-state index is 0.136. The number of piperidine rings is 1. The van der Waals surface area contributed by atoms with Crippen molar-refractivity contribution in [2.24, 2.45) is 0 Å². The summed E-state index contributed by atoms with van der Waals surface area (Å²) in [6.45, 7) is 6.26. The maximum absolute atomic E-state index is 12.9. The van der Waals surface area contributed by atoms with Gasteiger partial charge in [0.1, 0.15) is 6.54 Å². The van der Waals surface area contributed by atoms with Crippen molar-refractivity contribution in [3.63, 3.8) is 0 Å². The summed E-state index contributed by atoms with van der Waals surface area (Å²) in [6.07, 6.45) is 5.50. The van der Waals surface area contributed by atoms with Gasteiger partial charge in [-0.2, -0.15) is 0 Å². The number of carbonyl (C=O) groups is 2. The number of amides is 2. The smallest absolute Gasteiger partial charge is 0.242 e. The molecule has 2 aromatic rings. The van der Waals surface area contributed by atoms with Gasteiger partial charge in [-0.05, 0) is 58.1 Å². The lowest BCUT2D eigenvalue weighted by atomic mass is 9.98. The monoisotopic (exact) mass is 414 g/mol. The normalized spacial score (nSPS) is 22.4. The van der Waals surface area contributed by atoms with Gasteiger partial charge < -0.3 is 14.4 Å². The number of hydrogen-bond donors (Lipinski definition) is 0. The second-order valence-corrected chi connectivity index (χ2v) is 9.22. The van der Waals surface area contributed by atoms with Gasteiger partial charge in [-0.1, -0.05) is 23.9 Å². The summed E-state index contributed by atoms with van der Waals surface area (Å²) in [6, 6.07) is 8.48. The number of para-hydroxylation sites is 2. The molecule has 0 saturated carbocycles. The Kier molecular flexibility index (Phi) is 6.13. The Bertz CT molecular complexity index is 880. The third-order valence-electron chi connectivity index (χ3n) is 6.18. The second kappa shape index (κ2) is 8.78. The molecule has 1 aromatic carbocycles. The highest BCUT2D eigenvalue weighted by atomic mass is 32.2. The first kappa shape index (κ1) is 20.3. The number of rotatable bonds is 5. The highest BCUT2D eigenvalue weighted by Crippen LogP contribution is 2.27. The van der Waals surface area contributed by atoms with Crippen LogP contribution in [0.5, 0.6) is 0 Å².